The van der Waals surface area contributed by atoms with Crippen LogP contribution in [0.25, 0.3) is 0 Å². The van der Waals surface area contributed by atoms with Crippen molar-refractivity contribution in [1.29, 1.82) is 0 Å². The average Bonchev–Trinajstić information content (AvgIpc) is 2.69. The van der Waals surface area contributed by atoms with Crippen LogP contribution in [0.3, 0.4) is 0 Å². The highest BCUT2D eigenvalue weighted by Gasteiger charge is 2.29. The number of hydrogen-bond acceptors (Lipinski definition) is 4. The number of amides is 1. The van der Waals surface area contributed by atoms with E-state index in [1.807, 2.05) is 6.07 Å². The van der Waals surface area contributed by atoms with Crippen LogP contribution in [0, 0.1) is 0 Å². The molecule has 1 saturated heterocycles. The van der Waals surface area contributed by atoms with Crippen molar-refractivity contribution < 1.29 is 19.5 Å². The summed E-state index contributed by atoms with van der Waals surface area (Å²) in [5, 5.41) is 12.1. The predicted molar refractivity (Wildman–Crippen MR) is 102 cm³/mol. The summed E-state index contributed by atoms with van der Waals surface area (Å²) in [6, 6.07) is 15.1. The number of aliphatic carboxylic acids is 1. The van der Waals surface area contributed by atoms with Crippen LogP contribution in [-0.4, -0.2) is 46.8 Å². The van der Waals surface area contributed by atoms with Gasteiger partial charge in [0.15, 0.2) is 5.78 Å². The van der Waals surface area contributed by atoms with E-state index < -0.39 is 12.0 Å². The minimum absolute atomic E-state index is 0.00910. The first-order chi connectivity index (χ1) is 13.1. The summed E-state index contributed by atoms with van der Waals surface area (Å²) in [4.78, 5) is 38.3. The summed E-state index contributed by atoms with van der Waals surface area (Å²) in [5.74, 6) is -1.40. The molecule has 1 amide bonds. The maximum absolute atomic E-state index is 12.7. The first kappa shape index (κ1) is 18.8. The molecule has 6 nitrogen and oxygen atoms in total. The number of piperidine rings is 1. The minimum Gasteiger partial charge on any atom is -0.480 e. The molecule has 3 rings (SSSR count). The Labute approximate surface area is 157 Å². The number of para-hydroxylation sites is 1. The third-order valence-corrected chi connectivity index (χ3v) is 4.73. The van der Waals surface area contributed by atoms with E-state index in [0.717, 1.165) is 12.8 Å². The molecule has 0 aliphatic carbocycles. The molecular weight excluding hydrogens is 344 g/mol. The second-order valence-electron chi connectivity index (χ2n) is 6.61. The second-order valence-corrected chi connectivity index (χ2v) is 6.61. The molecule has 0 aromatic heterocycles. The van der Waals surface area contributed by atoms with E-state index in [4.69, 9.17) is 0 Å². The zero-order valence-electron chi connectivity index (χ0n) is 14.9. The molecular formula is C21H22N2O4. The van der Waals surface area contributed by atoms with Gasteiger partial charge in [0.25, 0.3) is 0 Å². The van der Waals surface area contributed by atoms with Gasteiger partial charge >= 0.3 is 5.97 Å². The molecule has 0 spiro atoms. The van der Waals surface area contributed by atoms with E-state index in [1.54, 1.807) is 53.4 Å². The van der Waals surface area contributed by atoms with Gasteiger partial charge in [0.2, 0.25) is 5.91 Å². The Morgan fingerprint density at radius 2 is 1.70 bits per heavy atom. The first-order valence-corrected chi connectivity index (χ1v) is 9.02. The number of nitrogens with one attached hydrogen (secondary N) is 1. The van der Waals surface area contributed by atoms with Crippen molar-refractivity contribution in [1.82, 2.24) is 4.90 Å². The molecule has 1 aliphatic rings. The lowest BCUT2D eigenvalue weighted by Crippen LogP contribution is -2.47. The van der Waals surface area contributed by atoms with Crippen molar-refractivity contribution in [2.75, 3.05) is 18.4 Å². The molecule has 1 aliphatic heterocycles. The first-order valence-electron chi connectivity index (χ1n) is 9.02. The monoisotopic (exact) mass is 366 g/mol. The van der Waals surface area contributed by atoms with Crippen LogP contribution in [0.15, 0.2) is 54.6 Å². The van der Waals surface area contributed by atoms with Crippen LogP contribution in [-0.2, 0) is 9.59 Å². The Bertz CT molecular complexity index is 835. The number of anilines is 1. The van der Waals surface area contributed by atoms with Crippen molar-refractivity contribution in [2.45, 2.75) is 25.3 Å². The topological polar surface area (TPSA) is 86.7 Å². The zero-order chi connectivity index (χ0) is 19.2. The highest BCUT2D eigenvalue weighted by Crippen LogP contribution is 2.21. The molecule has 0 radical (unpaired) electrons. The smallest absolute Gasteiger partial charge is 0.320 e. The van der Waals surface area contributed by atoms with Gasteiger partial charge in [0, 0.05) is 11.1 Å². The Morgan fingerprint density at radius 1 is 1.00 bits per heavy atom. The number of ketones is 1. The predicted octanol–water partition coefficient (Wildman–Crippen LogP) is 2.80. The molecule has 1 heterocycles. The normalized spacial score (nSPS) is 17.3. The summed E-state index contributed by atoms with van der Waals surface area (Å²) >= 11 is 0. The number of carbonyl (C=O) groups is 3. The fraction of sp³-hybridized carbons (Fsp3) is 0.286. The third kappa shape index (κ3) is 4.60. The van der Waals surface area contributed by atoms with Crippen molar-refractivity contribution in [3.05, 3.63) is 65.7 Å². The van der Waals surface area contributed by atoms with E-state index in [2.05, 4.69) is 5.32 Å². The third-order valence-electron chi connectivity index (χ3n) is 4.73. The summed E-state index contributed by atoms with van der Waals surface area (Å²) in [7, 11) is 0. The van der Waals surface area contributed by atoms with Gasteiger partial charge in [-0.05, 0) is 31.5 Å². The molecule has 27 heavy (non-hydrogen) atoms. The molecule has 1 fully saturated rings. The standard InChI is InChI=1S/C21H22N2O4/c24-19(14-23-13-7-6-12-18(23)21(26)27)22-17-11-5-4-10-16(17)20(25)15-8-2-1-3-9-15/h1-5,8-11,18H,6-7,12-14H2,(H,22,24)(H,26,27). The summed E-state index contributed by atoms with van der Waals surface area (Å²) < 4.78 is 0. The largest absolute Gasteiger partial charge is 0.480 e. The van der Waals surface area contributed by atoms with Crippen LogP contribution < -0.4 is 5.32 Å². The summed E-state index contributed by atoms with van der Waals surface area (Å²) in [6.45, 7) is 0.569. The molecule has 2 aromatic rings. The van der Waals surface area contributed by atoms with Crippen LogP contribution in [0.4, 0.5) is 5.69 Å². The molecule has 2 aromatic carbocycles. The SMILES string of the molecule is O=C(CN1CCCCC1C(=O)O)Nc1ccccc1C(=O)c1ccccc1. The van der Waals surface area contributed by atoms with Gasteiger partial charge in [-0.1, -0.05) is 48.9 Å². The van der Waals surface area contributed by atoms with E-state index in [9.17, 15) is 19.5 Å². The number of hydrogen-bond donors (Lipinski definition) is 2. The Morgan fingerprint density at radius 3 is 2.44 bits per heavy atom. The Kier molecular flexibility index (Phi) is 5.98. The zero-order valence-corrected chi connectivity index (χ0v) is 14.9. The van der Waals surface area contributed by atoms with E-state index in [0.29, 0.717) is 29.8 Å². The fourth-order valence-electron chi connectivity index (χ4n) is 3.37. The Hall–Kier alpha value is -2.99. The maximum atomic E-state index is 12.7. The lowest BCUT2D eigenvalue weighted by Gasteiger charge is -2.32. The van der Waals surface area contributed by atoms with Crippen molar-refractivity contribution in [2.24, 2.45) is 0 Å². The van der Waals surface area contributed by atoms with E-state index in [1.165, 1.54) is 0 Å². The fourth-order valence-corrected chi connectivity index (χ4v) is 3.37. The van der Waals surface area contributed by atoms with Crippen LogP contribution in [0.2, 0.25) is 0 Å². The number of carboxylic acid groups (broad SMARTS) is 1. The van der Waals surface area contributed by atoms with Gasteiger partial charge in [-0.15, -0.1) is 0 Å². The molecule has 140 valence electrons. The second kappa shape index (κ2) is 8.60. The number of benzene rings is 2. The maximum Gasteiger partial charge on any atom is 0.320 e. The van der Waals surface area contributed by atoms with Crippen molar-refractivity contribution >= 4 is 23.3 Å². The van der Waals surface area contributed by atoms with Crippen LogP contribution >= 0.6 is 0 Å². The van der Waals surface area contributed by atoms with Gasteiger partial charge < -0.3 is 10.4 Å². The quantitative estimate of drug-likeness (QED) is 0.768. The number of likely N-dealkylation sites (tertiary alicyclic amines) is 1. The average molecular weight is 366 g/mol. The molecule has 6 heteroatoms. The van der Waals surface area contributed by atoms with Gasteiger partial charge in [0.1, 0.15) is 6.04 Å². The lowest BCUT2D eigenvalue weighted by molar-refractivity contribution is -0.145. The molecule has 1 unspecified atom stereocenters. The van der Waals surface area contributed by atoms with Gasteiger partial charge in [-0.25, -0.2) is 0 Å². The number of rotatable bonds is 6. The Balaban J connectivity index is 1.73. The highest BCUT2D eigenvalue weighted by atomic mass is 16.4. The number of carboxylic acids is 1. The van der Waals surface area contributed by atoms with Crippen molar-refractivity contribution in [3.63, 3.8) is 0 Å². The molecule has 2 N–H and O–H groups in total. The summed E-state index contributed by atoms with van der Waals surface area (Å²) in [6.07, 6.45) is 2.27. The van der Waals surface area contributed by atoms with Gasteiger partial charge in [0.05, 0.1) is 12.2 Å². The number of nitrogens with zero attached hydrogens (tertiary/aromatic N) is 1. The van der Waals surface area contributed by atoms with E-state index >= 15 is 0 Å². The summed E-state index contributed by atoms with van der Waals surface area (Å²) in [5.41, 5.74) is 1.38. The van der Waals surface area contributed by atoms with Crippen LogP contribution in [0.1, 0.15) is 35.2 Å². The van der Waals surface area contributed by atoms with Crippen molar-refractivity contribution in [3.8, 4) is 0 Å². The highest BCUT2D eigenvalue weighted by molar-refractivity contribution is 6.13. The number of carbonyl (C=O) groups excluding carboxylic acids is 2. The van der Waals surface area contributed by atoms with Gasteiger partial charge in [-0.3, -0.25) is 19.3 Å². The lowest BCUT2D eigenvalue weighted by atomic mass is 10.0. The molecule has 0 bridgehead atoms. The molecule has 1 atom stereocenters. The van der Waals surface area contributed by atoms with Gasteiger partial charge in [-0.2, -0.15) is 0 Å². The molecule has 0 saturated carbocycles. The van der Waals surface area contributed by atoms with Crippen LogP contribution in [0.5, 0.6) is 0 Å². The minimum atomic E-state index is -0.901. The van der Waals surface area contributed by atoms with E-state index in [-0.39, 0.29) is 18.2 Å².